The third kappa shape index (κ3) is 7.01. The molecule has 1 unspecified atom stereocenters. The Labute approximate surface area is 222 Å². The molecule has 2 fully saturated rings. The number of carbonyl (C=O) groups excluding carboxylic acids is 1. The SMILES string of the molecule is O=C(C=CN1CCC(O)(C(O)CN2CCC(c3ccc(C(F)(F)F)cc3)CC2)CC1)c1cc(F)c(F)c(F)c1. The molecule has 0 spiro atoms. The molecule has 5 nitrogen and oxygen atoms in total. The van der Waals surface area contributed by atoms with E-state index in [1.165, 1.54) is 18.3 Å². The molecule has 212 valence electrons. The molecule has 2 aromatic carbocycles. The van der Waals surface area contributed by atoms with Crippen molar-refractivity contribution in [2.24, 2.45) is 0 Å². The minimum atomic E-state index is -4.37. The molecule has 0 amide bonds. The summed E-state index contributed by atoms with van der Waals surface area (Å²) in [6.07, 6.45) is -0.905. The van der Waals surface area contributed by atoms with Crippen molar-refractivity contribution in [3.05, 3.63) is 82.8 Å². The molecule has 0 aliphatic carbocycles. The van der Waals surface area contributed by atoms with Gasteiger partial charge in [-0.3, -0.25) is 4.79 Å². The molecule has 0 saturated carbocycles. The lowest BCUT2D eigenvalue weighted by Gasteiger charge is -2.43. The van der Waals surface area contributed by atoms with Gasteiger partial charge in [0, 0.05) is 37.5 Å². The lowest BCUT2D eigenvalue weighted by molar-refractivity contribution is -0.137. The van der Waals surface area contributed by atoms with Crippen LogP contribution < -0.4 is 0 Å². The van der Waals surface area contributed by atoms with E-state index in [2.05, 4.69) is 0 Å². The van der Waals surface area contributed by atoms with Gasteiger partial charge in [0.15, 0.2) is 23.2 Å². The Morgan fingerprint density at radius 3 is 2.10 bits per heavy atom. The van der Waals surface area contributed by atoms with Crippen LogP contribution in [0.3, 0.4) is 0 Å². The van der Waals surface area contributed by atoms with Gasteiger partial charge in [-0.15, -0.1) is 0 Å². The van der Waals surface area contributed by atoms with Crippen LogP contribution in [0.1, 0.15) is 53.1 Å². The summed E-state index contributed by atoms with van der Waals surface area (Å²) in [5.74, 6) is -5.12. The summed E-state index contributed by atoms with van der Waals surface area (Å²) in [4.78, 5) is 16.0. The highest BCUT2D eigenvalue weighted by Crippen LogP contribution is 2.34. The molecule has 2 aromatic rings. The fourth-order valence-electron chi connectivity index (χ4n) is 5.17. The minimum Gasteiger partial charge on any atom is -0.389 e. The predicted molar refractivity (Wildman–Crippen MR) is 131 cm³/mol. The average Bonchev–Trinajstić information content (AvgIpc) is 2.91. The molecular formula is C28H30F6N2O3. The third-order valence-electron chi connectivity index (χ3n) is 7.72. The van der Waals surface area contributed by atoms with Crippen LogP contribution in [-0.2, 0) is 6.18 Å². The minimum absolute atomic E-state index is 0.129. The molecular weight excluding hydrogens is 526 g/mol. The van der Waals surface area contributed by atoms with Crippen LogP contribution in [0.2, 0.25) is 0 Å². The number of hydrogen-bond acceptors (Lipinski definition) is 5. The normalized spacial score (nSPS) is 19.9. The van der Waals surface area contributed by atoms with E-state index in [1.807, 2.05) is 4.90 Å². The first-order chi connectivity index (χ1) is 18.4. The maximum Gasteiger partial charge on any atom is 0.416 e. The number of alkyl halides is 3. The Kier molecular flexibility index (Phi) is 8.72. The Morgan fingerprint density at radius 1 is 1.00 bits per heavy atom. The number of benzene rings is 2. The van der Waals surface area contributed by atoms with E-state index in [1.54, 1.807) is 4.90 Å². The number of nitrogens with zero attached hydrogens (tertiary/aromatic N) is 2. The van der Waals surface area contributed by atoms with Crippen LogP contribution in [-0.4, -0.2) is 70.2 Å². The zero-order valence-electron chi connectivity index (χ0n) is 21.1. The zero-order chi connectivity index (χ0) is 28.4. The summed E-state index contributed by atoms with van der Waals surface area (Å²) in [6, 6.07) is 6.49. The van der Waals surface area contributed by atoms with Crippen LogP contribution in [0.4, 0.5) is 26.3 Å². The quantitative estimate of drug-likeness (QED) is 0.220. The van der Waals surface area contributed by atoms with E-state index in [4.69, 9.17) is 0 Å². The predicted octanol–water partition coefficient (Wildman–Crippen LogP) is 4.89. The first-order valence-corrected chi connectivity index (χ1v) is 12.8. The number of allylic oxidation sites excluding steroid dienone is 1. The van der Waals surface area contributed by atoms with Gasteiger partial charge < -0.3 is 20.0 Å². The fraction of sp³-hybridized carbons (Fsp3) is 0.464. The Morgan fingerprint density at radius 2 is 1.56 bits per heavy atom. The number of ketones is 1. The number of halogens is 6. The molecule has 0 bridgehead atoms. The van der Waals surface area contributed by atoms with Crippen molar-refractivity contribution in [1.29, 1.82) is 0 Å². The zero-order valence-corrected chi connectivity index (χ0v) is 21.1. The summed E-state index contributed by atoms with van der Waals surface area (Å²) >= 11 is 0. The molecule has 2 aliphatic rings. The molecule has 39 heavy (non-hydrogen) atoms. The monoisotopic (exact) mass is 556 g/mol. The number of aliphatic hydroxyl groups excluding tert-OH is 1. The number of carbonyl (C=O) groups is 1. The molecule has 0 radical (unpaired) electrons. The molecule has 4 rings (SSSR count). The fourth-order valence-corrected chi connectivity index (χ4v) is 5.17. The molecule has 0 aromatic heterocycles. The summed E-state index contributed by atoms with van der Waals surface area (Å²) in [7, 11) is 0. The second-order valence-electron chi connectivity index (χ2n) is 10.3. The topological polar surface area (TPSA) is 64.0 Å². The maximum absolute atomic E-state index is 13.4. The van der Waals surface area contributed by atoms with E-state index in [0.717, 1.165) is 36.6 Å². The highest BCUT2D eigenvalue weighted by Gasteiger charge is 2.39. The Bertz CT molecular complexity index is 1160. The number of β-amino-alcohol motifs (C(OH)–C–C–N with tert-alkyl or cyclic N) is 1. The number of likely N-dealkylation sites (tertiary alicyclic amines) is 2. The average molecular weight is 557 g/mol. The van der Waals surface area contributed by atoms with E-state index in [-0.39, 0.29) is 30.9 Å². The van der Waals surface area contributed by atoms with Gasteiger partial charge >= 0.3 is 6.18 Å². The summed E-state index contributed by atoms with van der Waals surface area (Å²) in [5.41, 5.74) is -1.47. The number of rotatable bonds is 7. The van der Waals surface area contributed by atoms with Crippen molar-refractivity contribution in [3.63, 3.8) is 0 Å². The highest BCUT2D eigenvalue weighted by molar-refractivity contribution is 6.04. The second-order valence-corrected chi connectivity index (χ2v) is 10.3. The lowest BCUT2D eigenvalue weighted by Crippen LogP contribution is -2.54. The standard InChI is InChI=1S/C28H30F6N2O3/c29-22-15-20(16-23(30)26(22)31)24(37)7-12-35-13-8-27(39,9-14-35)25(38)17-36-10-5-19(6-11-36)18-1-3-21(4-2-18)28(32,33)34/h1-4,7,12,15-16,19,25,38-39H,5-6,8-11,13-14,17H2. The van der Waals surface area contributed by atoms with Crippen molar-refractivity contribution in [1.82, 2.24) is 9.80 Å². The largest absolute Gasteiger partial charge is 0.416 e. The van der Waals surface area contributed by atoms with Gasteiger partial charge in [-0.05, 0) is 74.5 Å². The van der Waals surface area contributed by atoms with Crippen LogP contribution >= 0.6 is 0 Å². The molecule has 2 heterocycles. The third-order valence-corrected chi connectivity index (χ3v) is 7.72. The van der Waals surface area contributed by atoms with Crippen LogP contribution in [0.5, 0.6) is 0 Å². The van der Waals surface area contributed by atoms with Gasteiger partial charge in [0.2, 0.25) is 0 Å². The van der Waals surface area contributed by atoms with Gasteiger partial charge in [-0.2, -0.15) is 13.2 Å². The van der Waals surface area contributed by atoms with Crippen LogP contribution in [0.25, 0.3) is 0 Å². The number of hydrogen-bond donors (Lipinski definition) is 2. The van der Waals surface area contributed by atoms with Crippen molar-refractivity contribution < 1.29 is 41.4 Å². The van der Waals surface area contributed by atoms with Crippen molar-refractivity contribution in [2.75, 3.05) is 32.7 Å². The van der Waals surface area contributed by atoms with E-state index >= 15 is 0 Å². The number of aliphatic hydroxyl groups is 2. The summed E-state index contributed by atoms with van der Waals surface area (Å²) < 4.78 is 78.3. The van der Waals surface area contributed by atoms with Gasteiger partial charge in [0.1, 0.15) is 0 Å². The van der Waals surface area contributed by atoms with E-state index in [9.17, 15) is 41.4 Å². The molecule has 11 heteroatoms. The Balaban J connectivity index is 1.24. The molecule has 2 N–H and O–H groups in total. The van der Waals surface area contributed by atoms with Gasteiger partial charge in [-0.25, -0.2) is 13.2 Å². The summed E-state index contributed by atoms with van der Waals surface area (Å²) in [6.45, 7) is 2.20. The first-order valence-electron chi connectivity index (χ1n) is 12.8. The number of piperidine rings is 2. The lowest BCUT2D eigenvalue weighted by atomic mass is 9.84. The van der Waals surface area contributed by atoms with Crippen LogP contribution in [0.15, 0.2) is 48.7 Å². The van der Waals surface area contributed by atoms with Gasteiger partial charge in [0.25, 0.3) is 0 Å². The van der Waals surface area contributed by atoms with E-state index in [0.29, 0.717) is 38.3 Å². The second kappa shape index (κ2) is 11.7. The molecule has 1 atom stereocenters. The smallest absolute Gasteiger partial charge is 0.389 e. The van der Waals surface area contributed by atoms with Crippen molar-refractivity contribution >= 4 is 5.78 Å². The van der Waals surface area contributed by atoms with Gasteiger partial charge in [-0.1, -0.05) is 12.1 Å². The maximum atomic E-state index is 13.4. The van der Waals surface area contributed by atoms with E-state index < -0.39 is 46.7 Å². The van der Waals surface area contributed by atoms with Crippen molar-refractivity contribution in [3.8, 4) is 0 Å². The van der Waals surface area contributed by atoms with Crippen molar-refractivity contribution in [2.45, 2.75) is 49.5 Å². The first kappa shape index (κ1) is 29.1. The highest BCUT2D eigenvalue weighted by atomic mass is 19.4. The van der Waals surface area contributed by atoms with Crippen LogP contribution in [0, 0.1) is 17.5 Å². The Hall–Kier alpha value is -2.89. The molecule has 2 saturated heterocycles. The summed E-state index contributed by atoms with van der Waals surface area (Å²) in [5, 5.41) is 21.9. The van der Waals surface area contributed by atoms with Gasteiger partial charge in [0.05, 0.1) is 17.3 Å². The molecule has 2 aliphatic heterocycles.